The van der Waals surface area contributed by atoms with Crippen molar-refractivity contribution >= 4 is 10.9 Å². The van der Waals surface area contributed by atoms with Crippen LogP contribution in [0.3, 0.4) is 0 Å². The molecule has 4 aromatic rings. The lowest BCUT2D eigenvalue weighted by Crippen LogP contribution is -2.18. The number of nitrogens with zero attached hydrogens (tertiary/aromatic N) is 2. The molecule has 0 fully saturated rings. The van der Waals surface area contributed by atoms with Gasteiger partial charge in [-0.05, 0) is 40.5 Å². The van der Waals surface area contributed by atoms with E-state index < -0.39 is 0 Å². The number of benzene rings is 2. The number of fused-ring (bicyclic) bond motifs is 8. The van der Waals surface area contributed by atoms with Crippen LogP contribution in [0.4, 0.5) is 0 Å². The lowest BCUT2D eigenvalue weighted by Gasteiger charge is -2.25. The van der Waals surface area contributed by atoms with Crippen LogP contribution in [0.1, 0.15) is 49.9 Å². The van der Waals surface area contributed by atoms with Gasteiger partial charge in [0.2, 0.25) is 0 Å². The van der Waals surface area contributed by atoms with E-state index in [2.05, 4.69) is 82.3 Å². The maximum absolute atomic E-state index is 5.18. The molecule has 2 aliphatic rings. The summed E-state index contributed by atoms with van der Waals surface area (Å²) in [6.07, 6.45) is 1.90. The molecule has 136 valence electrons. The number of hydrogen-bond donors (Lipinski definition) is 0. The third-order valence-corrected chi connectivity index (χ3v) is 6.87. The van der Waals surface area contributed by atoms with Gasteiger partial charge in [-0.3, -0.25) is 4.98 Å². The Balaban J connectivity index is 1.77. The van der Waals surface area contributed by atoms with E-state index in [4.69, 9.17) is 9.97 Å². The van der Waals surface area contributed by atoms with Gasteiger partial charge >= 0.3 is 0 Å². The first-order valence-corrected chi connectivity index (χ1v) is 9.95. The Labute approximate surface area is 165 Å². The minimum atomic E-state index is -0.0880. The third-order valence-electron chi connectivity index (χ3n) is 6.87. The molecule has 0 saturated heterocycles. The van der Waals surface area contributed by atoms with Gasteiger partial charge in [0.05, 0.1) is 16.9 Å². The molecule has 2 aromatic heterocycles. The van der Waals surface area contributed by atoms with Crippen molar-refractivity contribution in [3.8, 4) is 22.5 Å². The Bertz CT molecular complexity index is 1310. The molecule has 0 N–H and O–H groups in total. The summed E-state index contributed by atoms with van der Waals surface area (Å²) in [7, 11) is 0. The van der Waals surface area contributed by atoms with E-state index in [0.717, 1.165) is 16.9 Å². The van der Waals surface area contributed by atoms with Crippen molar-refractivity contribution in [2.24, 2.45) is 0 Å². The zero-order chi connectivity index (χ0) is 19.3. The van der Waals surface area contributed by atoms with Crippen LogP contribution in [0.5, 0.6) is 0 Å². The molecular formula is C26H22N2. The first kappa shape index (κ1) is 16.0. The predicted molar refractivity (Wildman–Crippen MR) is 115 cm³/mol. The van der Waals surface area contributed by atoms with Gasteiger partial charge in [0.25, 0.3) is 0 Å². The molecule has 0 bridgehead atoms. The van der Waals surface area contributed by atoms with Crippen LogP contribution >= 0.6 is 0 Å². The van der Waals surface area contributed by atoms with Crippen LogP contribution in [-0.4, -0.2) is 9.97 Å². The van der Waals surface area contributed by atoms with Crippen LogP contribution in [0.25, 0.3) is 33.4 Å². The monoisotopic (exact) mass is 362 g/mol. The highest BCUT2D eigenvalue weighted by Gasteiger charge is 2.45. The molecule has 2 heterocycles. The van der Waals surface area contributed by atoms with Gasteiger partial charge in [-0.25, -0.2) is 4.98 Å². The summed E-state index contributed by atoms with van der Waals surface area (Å²) in [5, 5.41) is 1.21. The average Bonchev–Trinajstić information content (AvgIpc) is 3.06. The van der Waals surface area contributed by atoms with Gasteiger partial charge in [-0.2, -0.15) is 0 Å². The van der Waals surface area contributed by atoms with Crippen LogP contribution < -0.4 is 0 Å². The Kier molecular flexibility index (Phi) is 2.79. The molecule has 0 amide bonds. The maximum atomic E-state index is 5.18. The fraction of sp³-hybridized carbons (Fsp3) is 0.231. The molecule has 2 aliphatic carbocycles. The Morgan fingerprint density at radius 2 is 1.54 bits per heavy atom. The number of hydrogen-bond acceptors (Lipinski definition) is 2. The average molecular weight is 362 g/mol. The largest absolute Gasteiger partial charge is 0.256 e. The molecule has 2 nitrogen and oxygen atoms in total. The van der Waals surface area contributed by atoms with Gasteiger partial charge in [-0.15, -0.1) is 0 Å². The molecule has 2 aromatic carbocycles. The summed E-state index contributed by atoms with van der Waals surface area (Å²) in [6, 6.07) is 19.7. The second-order valence-electron chi connectivity index (χ2n) is 9.14. The van der Waals surface area contributed by atoms with Crippen LogP contribution in [0.2, 0.25) is 0 Å². The summed E-state index contributed by atoms with van der Waals surface area (Å²) in [5.41, 5.74) is 11.2. The van der Waals surface area contributed by atoms with E-state index in [1.807, 2.05) is 6.20 Å². The van der Waals surface area contributed by atoms with Crippen molar-refractivity contribution in [3.05, 3.63) is 83.0 Å². The summed E-state index contributed by atoms with van der Waals surface area (Å²) in [4.78, 5) is 9.92. The van der Waals surface area contributed by atoms with E-state index in [0.29, 0.717) is 0 Å². The minimum absolute atomic E-state index is 0.0605. The standard InChI is InChI=1S/C26H22N2/c1-25(2)17-12-11-16-22(26(3,4)18-9-7-13-27-23(16)18)21(17)24-19(25)14-15-8-5-6-10-20(15)28-24/h5-14H,1-4H3. The third kappa shape index (κ3) is 1.74. The van der Waals surface area contributed by atoms with E-state index in [1.54, 1.807) is 0 Å². The topological polar surface area (TPSA) is 25.8 Å². The lowest BCUT2D eigenvalue weighted by atomic mass is 9.77. The molecule has 2 heteroatoms. The number of aromatic nitrogens is 2. The fourth-order valence-electron chi connectivity index (χ4n) is 5.40. The quantitative estimate of drug-likeness (QED) is 0.370. The molecule has 0 unspecified atom stereocenters. The summed E-state index contributed by atoms with van der Waals surface area (Å²) in [6.45, 7) is 9.30. The second kappa shape index (κ2) is 4.88. The lowest BCUT2D eigenvalue weighted by molar-refractivity contribution is 0.647. The number of rotatable bonds is 0. The SMILES string of the molecule is CC1(C)c2cc3ccccc3nc2-c2c1ccc1c2C(C)(C)c2cccnc2-1. The van der Waals surface area contributed by atoms with Gasteiger partial charge in [-0.1, -0.05) is 64.1 Å². The Morgan fingerprint density at radius 1 is 0.714 bits per heavy atom. The minimum Gasteiger partial charge on any atom is -0.256 e. The molecule has 0 saturated carbocycles. The Morgan fingerprint density at radius 3 is 2.39 bits per heavy atom. The molecule has 0 radical (unpaired) electrons. The highest BCUT2D eigenvalue weighted by Crippen LogP contribution is 2.58. The smallest absolute Gasteiger partial charge is 0.0756 e. The van der Waals surface area contributed by atoms with Crippen LogP contribution in [-0.2, 0) is 10.8 Å². The van der Waals surface area contributed by atoms with Crippen molar-refractivity contribution < 1.29 is 0 Å². The molecule has 0 spiro atoms. The predicted octanol–water partition coefficient (Wildman–Crippen LogP) is 6.24. The summed E-state index contributed by atoms with van der Waals surface area (Å²) < 4.78 is 0. The van der Waals surface area contributed by atoms with E-state index in [9.17, 15) is 0 Å². The van der Waals surface area contributed by atoms with E-state index in [-0.39, 0.29) is 10.8 Å². The van der Waals surface area contributed by atoms with E-state index >= 15 is 0 Å². The second-order valence-corrected chi connectivity index (χ2v) is 9.14. The van der Waals surface area contributed by atoms with Crippen LogP contribution in [0.15, 0.2) is 60.8 Å². The highest BCUT2D eigenvalue weighted by atomic mass is 14.7. The van der Waals surface area contributed by atoms with Crippen LogP contribution in [0, 0.1) is 0 Å². The van der Waals surface area contributed by atoms with Crippen molar-refractivity contribution in [1.82, 2.24) is 9.97 Å². The number of pyridine rings is 2. The summed E-state index contributed by atoms with van der Waals surface area (Å²) >= 11 is 0. The zero-order valence-electron chi connectivity index (χ0n) is 16.7. The highest BCUT2D eigenvalue weighted by molar-refractivity contribution is 5.94. The first-order chi connectivity index (χ1) is 13.4. The van der Waals surface area contributed by atoms with Gasteiger partial charge in [0.1, 0.15) is 0 Å². The Hall–Kier alpha value is -3.00. The molecule has 28 heavy (non-hydrogen) atoms. The van der Waals surface area contributed by atoms with Gasteiger partial charge < -0.3 is 0 Å². The normalized spacial score (nSPS) is 17.1. The zero-order valence-corrected chi connectivity index (χ0v) is 16.7. The van der Waals surface area contributed by atoms with Crippen molar-refractivity contribution in [1.29, 1.82) is 0 Å². The van der Waals surface area contributed by atoms with E-state index in [1.165, 1.54) is 38.8 Å². The fourth-order valence-corrected chi connectivity index (χ4v) is 5.40. The molecule has 6 rings (SSSR count). The summed E-state index contributed by atoms with van der Waals surface area (Å²) in [5.74, 6) is 0. The molecular weight excluding hydrogens is 340 g/mol. The van der Waals surface area contributed by atoms with Gasteiger partial charge in [0.15, 0.2) is 0 Å². The van der Waals surface area contributed by atoms with Gasteiger partial charge in [0, 0.05) is 33.5 Å². The molecule has 0 aliphatic heterocycles. The van der Waals surface area contributed by atoms with Crippen molar-refractivity contribution in [2.45, 2.75) is 38.5 Å². The van der Waals surface area contributed by atoms with Crippen molar-refractivity contribution in [3.63, 3.8) is 0 Å². The number of para-hydroxylation sites is 1. The molecule has 0 atom stereocenters. The maximum Gasteiger partial charge on any atom is 0.0756 e. The van der Waals surface area contributed by atoms with Crippen molar-refractivity contribution in [2.75, 3.05) is 0 Å². The first-order valence-electron chi connectivity index (χ1n) is 9.95.